The third-order valence-electron chi connectivity index (χ3n) is 5.03. The van der Waals surface area contributed by atoms with Crippen LogP contribution >= 0.6 is 31.9 Å². The number of aromatic nitrogens is 2. The number of halogens is 2. The number of methoxy groups -OCH3 is 1. The molecule has 2 heterocycles. The monoisotopic (exact) mass is 544 g/mol. The van der Waals surface area contributed by atoms with Gasteiger partial charge in [-0.1, -0.05) is 44.0 Å². The van der Waals surface area contributed by atoms with Gasteiger partial charge in [0.05, 0.1) is 13.0 Å². The Bertz CT molecular complexity index is 1210. The number of nitrogens with zero attached hydrogens (tertiary/aromatic N) is 2. The summed E-state index contributed by atoms with van der Waals surface area (Å²) in [5.74, 6) is 1.05. The smallest absolute Gasteiger partial charge is 0.244 e. The van der Waals surface area contributed by atoms with Crippen molar-refractivity contribution in [1.29, 1.82) is 5.26 Å². The average Bonchev–Trinajstić information content (AvgIpc) is 3.12. The molecule has 4 rings (SSSR count). The maximum Gasteiger partial charge on any atom is 0.244 e. The lowest BCUT2D eigenvalue weighted by atomic mass is 9.84. The van der Waals surface area contributed by atoms with Crippen molar-refractivity contribution in [2.45, 2.75) is 19.4 Å². The van der Waals surface area contributed by atoms with E-state index in [9.17, 15) is 5.26 Å². The summed E-state index contributed by atoms with van der Waals surface area (Å²) in [6, 6.07) is 13.8. The van der Waals surface area contributed by atoms with E-state index in [2.05, 4.69) is 48.1 Å². The molecule has 1 atom stereocenters. The highest BCUT2D eigenvalue weighted by molar-refractivity contribution is 9.10. The van der Waals surface area contributed by atoms with Gasteiger partial charge in [-0.2, -0.15) is 5.26 Å². The normalized spacial score (nSPS) is 15.1. The zero-order valence-corrected chi connectivity index (χ0v) is 19.9. The minimum absolute atomic E-state index is 0.0351. The SMILES string of the molecule is COc1cc([C@@H]2C(C#N)=C(N)Oc3n[nH]c(C)c32)c(Br)cc1OCc1ccc(Br)cc1. The zero-order chi connectivity index (χ0) is 22.1. The van der Waals surface area contributed by atoms with Crippen LogP contribution in [0.2, 0.25) is 0 Å². The number of hydrogen-bond acceptors (Lipinski definition) is 6. The Kier molecular flexibility index (Phi) is 5.94. The van der Waals surface area contributed by atoms with Crippen molar-refractivity contribution in [3.63, 3.8) is 0 Å². The van der Waals surface area contributed by atoms with Crippen molar-refractivity contribution in [3.05, 3.63) is 79.2 Å². The first kappa shape index (κ1) is 21.3. The molecule has 158 valence electrons. The number of ether oxygens (including phenoxy) is 3. The van der Waals surface area contributed by atoms with Crippen molar-refractivity contribution in [2.75, 3.05) is 7.11 Å². The highest BCUT2D eigenvalue weighted by atomic mass is 79.9. The Morgan fingerprint density at radius 1 is 1.23 bits per heavy atom. The number of H-pyrrole nitrogens is 1. The van der Waals surface area contributed by atoms with Gasteiger partial charge in [-0.3, -0.25) is 5.10 Å². The van der Waals surface area contributed by atoms with E-state index < -0.39 is 5.92 Å². The lowest BCUT2D eigenvalue weighted by Gasteiger charge is -2.25. The lowest BCUT2D eigenvalue weighted by molar-refractivity contribution is 0.284. The van der Waals surface area contributed by atoms with Crippen LogP contribution in [0.15, 0.2) is 56.8 Å². The molecule has 3 aromatic rings. The van der Waals surface area contributed by atoms with E-state index in [1.807, 2.05) is 43.3 Å². The predicted molar refractivity (Wildman–Crippen MR) is 122 cm³/mol. The number of allylic oxidation sites excluding steroid dienone is 1. The summed E-state index contributed by atoms with van der Waals surface area (Å²) in [5, 5.41) is 16.8. The first-order chi connectivity index (χ1) is 14.9. The predicted octanol–water partition coefficient (Wildman–Crippen LogP) is 5.05. The van der Waals surface area contributed by atoms with Crippen LogP contribution in [0.5, 0.6) is 17.4 Å². The van der Waals surface area contributed by atoms with Gasteiger partial charge in [-0.15, -0.1) is 5.10 Å². The number of benzene rings is 2. The Morgan fingerprint density at radius 3 is 2.65 bits per heavy atom. The van der Waals surface area contributed by atoms with Crippen LogP contribution in [-0.2, 0) is 6.61 Å². The molecule has 0 amide bonds. The van der Waals surface area contributed by atoms with Crippen molar-refractivity contribution in [3.8, 4) is 23.4 Å². The van der Waals surface area contributed by atoms with Crippen LogP contribution < -0.4 is 19.9 Å². The molecule has 0 saturated heterocycles. The standard InChI is InChI=1S/C22H18Br2N4O3/c1-11-19-20(15(9-25)21(26)31-22(19)28-27-11)14-7-17(29-2)18(8-16(14)24)30-10-12-3-5-13(23)6-4-12/h3-8,20H,10,26H2,1-2H3,(H,27,28)/t20-/m1/s1. The molecule has 1 aromatic heterocycles. The average molecular weight is 546 g/mol. The summed E-state index contributed by atoms with van der Waals surface area (Å²) in [6.45, 7) is 2.26. The molecule has 0 bridgehead atoms. The maximum absolute atomic E-state index is 9.78. The molecule has 2 aromatic carbocycles. The van der Waals surface area contributed by atoms with Gasteiger partial charge in [-0.25, -0.2) is 0 Å². The van der Waals surface area contributed by atoms with E-state index in [1.165, 1.54) is 0 Å². The highest BCUT2D eigenvalue weighted by Crippen LogP contribution is 2.47. The summed E-state index contributed by atoms with van der Waals surface area (Å²) in [7, 11) is 1.58. The quantitative estimate of drug-likeness (QED) is 0.464. The van der Waals surface area contributed by atoms with Crippen molar-refractivity contribution in [2.24, 2.45) is 5.73 Å². The summed E-state index contributed by atoms with van der Waals surface area (Å²) in [5.41, 5.74) is 9.70. The first-order valence-corrected chi connectivity index (χ1v) is 10.9. The number of fused-ring (bicyclic) bond motifs is 1. The number of aryl methyl sites for hydroxylation is 1. The molecule has 3 N–H and O–H groups in total. The molecule has 1 aliphatic rings. The largest absolute Gasteiger partial charge is 0.493 e. The van der Waals surface area contributed by atoms with E-state index in [4.69, 9.17) is 19.9 Å². The van der Waals surface area contributed by atoms with Gasteiger partial charge in [0.15, 0.2) is 11.5 Å². The minimum atomic E-state index is -0.462. The topological polar surface area (TPSA) is 106 Å². The summed E-state index contributed by atoms with van der Waals surface area (Å²) < 4.78 is 18.9. The fourth-order valence-corrected chi connectivity index (χ4v) is 4.31. The van der Waals surface area contributed by atoms with Crippen molar-refractivity contribution in [1.82, 2.24) is 10.2 Å². The van der Waals surface area contributed by atoms with E-state index in [0.29, 0.717) is 29.6 Å². The van der Waals surface area contributed by atoms with E-state index >= 15 is 0 Å². The molecule has 0 spiro atoms. The van der Waals surface area contributed by atoms with Crippen LogP contribution in [-0.4, -0.2) is 17.3 Å². The zero-order valence-electron chi connectivity index (χ0n) is 16.7. The van der Waals surface area contributed by atoms with E-state index in [0.717, 1.165) is 31.3 Å². The molecule has 9 heteroatoms. The molecule has 31 heavy (non-hydrogen) atoms. The first-order valence-electron chi connectivity index (χ1n) is 9.30. The van der Waals surface area contributed by atoms with Gasteiger partial charge in [0.25, 0.3) is 0 Å². The van der Waals surface area contributed by atoms with Gasteiger partial charge in [-0.05, 0) is 42.3 Å². The molecule has 0 saturated carbocycles. The van der Waals surface area contributed by atoms with E-state index in [-0.39, 0.29) is 5.88 Å². The summed E-state index contributed by atoms with van der Waals surface area (Å²) in [4.78, 5) is 0. The molecular formula is C22H18Br2N4O3. The van der Waals surface area contributed by atoms with Gasteiger partial charge in [0.2, 0.25) is 11.8 Å². The Balaban J connectivity index is 1.73. The van der Waals surface area contributed by atoms with Crippen LogP contribution in [0.1, 0.15) is 28.3 Å². The second kappa shape index (κ2) is 8.65. The highest BCUT2D eigenvalue weighted by Gasteiger charge is 2.36. The van der Waals surface area contributed by atoms with E-state index in [1.54, 1.807) is 7.11 Å². The Morgan fingerprint density at radius 2 is 1.97 bits per heavy atom. The fraction of sp³-hybridized carbons (Fsp3) is 0.182. The number of nitriles is 1. The number of rotatable bonds is 5. The molecule has 0 unspecified atom stereocenters. The van der Waals surface area contributed by atoms with Crippen LogP contribution in [0.4, 0.5) is 0 Å². The Hall–Kier alpha value is -2.96. The molecule has 7 nitrogen and oxygen atoms in total. The van der Waals surface area contributed by atoms with Crippen LogP contribution in [0.3, 0.4) is 0 Å². The lowest BCUT2D eigenvalue weighted by Crippen LogP contribution is -2.21. The number of hydrogen-bond donors (Lipinski definition) is 2. The second-order valence-corrected chi connectivity index (χ2v) is 8.70. The van der Waals surface area contributed by atoms with Gasteiger partial charge in [0, 0.05) is 20.2 Å². The van der Waals surface area contributed by atoms with Crippen molar-refractivity contribution >= 4 is 31.9 Å². The molecule has 0 radical (unpaired) electrons. The number of nitrogens with two attached hydrogens (primary N) is 1. The fourth-order valence-electron chi connectivity index (χ4n) is 3.50. The molecule has 1 aliphatic heterocycles. The molecule has 0 aliphatic carbocycles. The molecule has 0 fully saturated rings. The second-order valence-electron chi connectivity index (χ2n) is 6.93. The van der Waals surface area contributed by atoms with Crippen molar-refractivity contribution < 1.29 is 14.2 Å². The third kappa shape index (κ3) is 4.01. The molecular weight excluding hydrogens is 528 g/mol. The van der Waals surface area contributed by atoms with Crippen LogP contribution in [0.25, 0.3) is 0 Å². The summed E-state index contributed by atoms with van der Waals surface area (Å²) >= 11 is 7.07. The van der Waals surface area contributed by atoms with Crippen LogP contribution in [0, 0.1) is 18.3 Å². The number of nitrogens with one attached hydrogen (secondary N) is 1. The minimum Gasteiger partial charge on any atom is -0.493 e. The summed E-state index contributed by atoms with van der Waals surface area (Å²) in [6.07, 6.45) is 0. The maximum atomic E-state index is 9.78. The Labute approximate surface area is 196 Å². The number of aromatic amines is 1. The van der Waals surface area contributed by atoms with Gasteiger partial charge < -0.3 is 19.9 Å². The third-order valence-corrected chi connectivity index (χ3v) is 6.25. The van der Waals surface area contributed by atoms with Gasteiger partial charge >= 0.3 is 0 Å². The van der Waals surface area contributed by atoms with Gasteiger partial charge in [0.1, 0.15) is 18.2 Å².